The van der Waals surface area contributed by atoms with Crippen LogP contribution in [0.5, 0.6) is 0 Å². The van der Waals surface area contributed by atoms with Gasteiger partial charge in [-0.2, -0.15) is 0 Å². The summed E-state index contributed by atoms with van der Waals surface area (Å²) in [5.41, 5.74) is 0. The van der Waals surface area contributed by atoms with Crippen molar-refractivity contribution in [2.45, 2.75) is 19.3 Å². The average molecular weight is 244 g/mol. The van der Waals surface area contributed by atoms with Crippen LogP contribution in [-0.4, -0.2) is 63.9 Å². The van der Waals surface area contributed by atoms with Crippen molar-refractivity contribution in [1.82, 2.24) is 10.2 Å². The molecule has 0 radical (unpaired) electrons. The zero-order chi connectivity index (χ0) is 12.3. The minimum absolute atomic E-state index is 0.0434. The predicted octanol–water partition coefficient (Wildman–Crippen LogP) is 0.252. The molecule has 1 heterocycles. The SMILES string of the molecule is COCCOCC(=O)NCCN1CCCCC1. The number of carbonyl (C=O) groups is 1. The molecule has 17 heavy (non-hydrogen) atoms. The Labute approximate surface area is 103 Å². The molecule has 0 atom stereocenters. The second-order valence-electron chi connectivity index (χ2n) is 4.30. The first-order valence-corrected chi connectivity index (χ1v) is 6.38. The summed E-state index contributed by atoms with van der Waals surface area (Å²) in [4.78, 5) is 13.8. The van der Waals surface area contributed by atoms with Crippen molar-refractivity contribution in [2.24, 2.45) is 0 Å². The van der Waals surface area contributed by atoms with Crippen LogP contribution in [0.15, 0.2) is 0 Å². The number of hydrogen-bond donors (Lipinski definition) is 1. The lowest BCUT2D eigenvalue weighted by Gasteiger charge is -2.26. The van der Waals surface area contributed by atoms with Gasteiger partial charge in [0.25, 0.3) is 0 Å². The van der Waals surface area contributed by atoms with Crippen molar-refractivity contribution in [3.8, 4) is 0 Å². The average Bonchev–Trinajstić information content (AvgIpc) is 2.36. The molecule has 0 saturated carbocycles. The first-order valence-electron chi connectivity index (χ1n) is 6.38. The summed E-state index contributed by atoms with van der Waals surface area (Å²) in [5, 5.41) is 2.86. The lowest BCUT2D eigenvalue weighted by Crippen LogP contribution is -2.38. The molecule has 1 amide bonds. The molecule has 5 heteroatoms. The van der Waals surface area contributed by atoms with Crippen LogP contribution in [0.25, 0.3) is 0 Å². The summed E-state index contributed by atoms with van der Waals surface area (Å²) in [5.74, 6) is -0.0434. The Kier molecular flexibility index (Phi) is 7.96. The largest absolute Gasteiger partial charge is 0.382 e. The summed E-state index contributed by atoms with van der Waals surface area (Å²) in [7, 11) is 1.61. The van der Waals surface area contributed by atoms with Crippen LogP contribution in [0.4, 0.5) is 0 Å². The van der Waals surface area contributed by atoms with Gasteiger partial charge in [-0.25, -0.2) is 0 Å². The molecule has 0 aromatic heterocycles. The van der Waals surface area contributed by atoms with E-state index in [-0.39, 0.29) is 12.5 Å². The number of piperidine rings is 1. The number of nitrogens with one attached hydrogen (secondary N) is 1. The monoisotopic (exact) mass is 244 g/mol. The van der Waals surface area contributed by atoms with Crippen LogP contribution in [0.1, 0.15) is 19.3 Å². The molecule has 1 N–H and O–H groups in total. The first-order chi connectivity index (χ1) is 8.33. The van der Waals surface area contributed by atoms with E-state index in [0.29, 0.717) is 19.8 Å². The standard InChI is InChI=1S/C12H24N2O3/c1-16-9-10-17-11-12(15)13-5-8-14-6-3-2-4-7-14/h2-11H2,1H3,(H,13,15). The maximum atomic E-state index is 11.4. The van der Waals surface area contributed by atoms with Crippen LogP contribution in [0.2, 0.25) is 0 Å². The van der Waals surface area contributed by atoms with E-state index in [1.165, 1.54) is 32.4 Å². The summed E-state index contributed by atoms with van der Waals surface area (Å²) >= 11 is 0. The minimum atomic E-state index is -0.0434. The highest BCUT2D eigenvalue weighted by Gasteiger charge is 2.09. The van der Waals surface area contributed by atoms with Gasteiger partial charge in [0.2, 0.25) is 5.91 Å². The normalized spacial score (nSPS) is 17.0. The van der Waals surface area contributed by atoms with Gasteiger partial charge in [-0.05, 0) is 25.9 Å². The highest BCUT2D eigenvalue weighted by atomic mass is 16.5. The van der Waals surface area contributed by atoms with Crippen LogP contribution >= 0.6 is 0 Å². The van der Waals surface area contributed by atoms with Crippen LogP contribution < -0.4 is 5.32 Å². The van der Waals surface area contributed by atoms with E-state index in [1.54, 1.807) is 7.11 Å². The van der Waals surface area contributed by atoms with Gasteiger partial charge in [-0.3, -0.25) is 4.79 Å². The number of carbonyl (C=O) groups excluding carboxylic acids is 1. The Hall–Kier alpha value is -0.650. The van der Waals surface area contributed by atoms with E-state index in [2.05, 4.69) is 10.2 Å². The smallest absolute Gasteiger partial charge is 0.246 e. The molecule has 0 spiro atoms. The fraction of sp³-hybridized carbons (Fsp3) is 0.917. The maximum absolute atomic E-state index is 11.4. The Morgan fingerprint density at radius 3 is 2.71 bits per heavy atom. The van der Waals surface area contributed by atoms with Gasteiger partial charge in [0.15, 0.2) is 0 Å². The molecule has 5 nitrogen and oxygen atoms in total. The number of hydrogen-bond acceptors (Lipinski definition) is 4. The summed E-state index contributed by atoms with van der Waals surface area (Å²) in [6.45, 7) is 5.12. The number of likely N-dealkylation sites (tertiary alicyclic amines) is 1. The Balaban J connectivity index is 1.92. The molecule has 100 valence electrons. The molecule has 1 rings (SSSR count). The van der Waals surface area contributed by atoms with Gasteiger partial charge in [-0.1, -0.05) is 6.42 Å². The Bertz CT molecular complexity index is 206. The Morgan fingerprint density at radius 2 is 2.00 bits per heavy atom. The maximum Gasteiger partial charge on any atom is 0.246 e. The van der Waals surface area contributed by atoms with Crippen molar-refractivity contribution in [3.05, 3.63) is 0 Å². The van der Waals surface area contributed by atoms with Crippen molar-refractivity contribution < 1.29 is 14.3 Å². The molecule has 1 fully saturated rings. The van der Waals surface area contributed by atoms with Gasteiger partial charge < -0.3 is 19.7 Å². The fourth-order valence-corrected chi connectivity index (χ4v) is 1.89. The van der Waals surface area contributed by atoms with Crippen molar-refractivity contribution in [2.75, 3.05) is 53.1 Å². The molecule has 1 saturated heterocycles. The molecule has 1 aliphatic rings. The van der Waals surface area contributed by atoms with E-state index in [9.17, 15) is 4.79 Å². The van der Waals surface area contributed by atoms with Gasteiger partial charge in [0, 0.05) is 20.2 Å². The predicted molar refractivity (Wildman–Crippen MR) is 66.0 cm³/mol. The number of ether oxygens (including phenoxy) is 2. The van der Waals surface area contributed by atoms with Crippen molar-refractivity contribution in [3.63, 3.8) is 0 Å². The third kappa shape index (κ3) is 7.31. The van der Waals surface area contributed by atoms with E-state index < -0.39 is 0 Å². The number of amides is 1. The van der Waals surface area contributed by atoms with E-state index in [1.807, 2.05) is 0 Å². The highest BCUT2D eigenvalue weighted by Crippen LogP contribution is 2.07. The van der Waals surface area contributed by atoms with Crippen LogP contribution in [0.3, 0.4) is 0 Å². The molecule has 0 bridgehead atoms. The summed E-state index contributed by atoms with van der Waals surface area (Å²) < 4.78 is 9.95. The zero-order valence-corrected chi connectivity index (χ0v) is 10.7. The molecule has 0 aromatic rings. The van der Waals surface area contributed by atoms with Gasteiger partial charge >= 0.3 is 0 Å². The Morgan fingerprint density at radius 1 is 1.24 bits per heavy atom. The lowest BCUT2D eigenvalue weighted by atomic mass is 10.1. The molecular formula is C12H24N2O3. The minimum Gasteiger partial charge on any atom is -0.382 e. The van der Waals surface area contributed by atoms with Gasteiger partial charge in [-0.15, -0.1) is 0 Å². The second-order valence-corrected chi connectivity index (χ2v) is 4.30. The van der Waals surface area contributed by atoms with E-state index in [4.69, 9.17) is 9.47 Å². The third-order valence-electron chi connectivity index (χ3n) is 2.86. The first kappa shape index (κ1) is 14.4. The zero-order valence-electron chi connectivity index (χ0n) is 10.7. The lowest BCUT2D eigenvalue weighted by molar-refractivity contribution is -0.126. The molecule has 1 aliphatic heterocycles. The topological polar surface area (TPSA) is 50.8 Å². The van der Waals surface area contributed by atoms with Gasteiger partial charge in [0.05, 0.1) is 13.2 Å². The second kappa shape index (κ2) is 9.39. The molecule has 0 unspecified atom stereocenters. The summed E-state index contributed by atoms with van der Waals surface area (Å²) in [6.07, 6.45) is 3.92. The number of nitrogens with zero attached hydrogens (tertiary/aromatic N) is 1. The van der Waals surface area contributed by atoms with Crippen molar-refractivity contribution >= 4 is 5.91 Å². The highest BCUT2D eigenvalue weighted by molar-refractivity contribution is 5.77. The fourth-order valence-electron chi connectivity index (χ4n) is 1.89. The number of methoxy groups -OCH3 is 1. The van der Waals surface area contributed by atoms with Gasteiger partial charge in [0.1, 0.15) is 6.61 Å². The van der Waals surface area contributed by atoms with E-state index in [0.717, 1.165) is 6.54 Å². The van der Waals surface area contributed by atoms with Crippen LogP contribution in [0, 0.1) is 0 Å². The molecular weight excluding hydrogens is 220 g/mol. The van der Waals surface area contributed by atoms with Crippen molar-refractivity contribution in [1.29, 1.82) is 0 Å². The molecule has 0 aromatic carbocycles. The number of rotatable bonds is 8. The van der Waals surface area contributed by atoms with Crippen LogP contribution in [-0.2, 0) is 14.3 Å². The van der Waals surface area contributed by atoms with E-state index >= 15 is 0 Å². The molecule has 0 aliphatic carbocycles. The third-order valence-corrected chi connectivity index (χ3v) is 2.86. The summed E-state index contributed by atoms with van der Waals surface area (Å²) in [6, 6.07) is 0. The quantitative estimate of drug-likeness (QED) is 0.622.